The Morgan fingerprint density at radius 1 is 0.975 bits per heavy atom. The Kier molecular flexibility index (Phi) is 10.2. The second-order valence-electron chi connectivity index (χ2n) is 10.3. The van der Waals surface area contributed by atoms with E-state index < -0.39 is 11.8 Å². The quantitative estimate of drug-likeness (QED) is 0.172. The normalized spacial score (nSPS) is 11.1. The van der Waals surface area contributed by atoms with Gasteiger partial charge in [-0.1, -0.05) is 56.3 Å². The van der Waals surface area contributed by atoms with Crippen LogP contribution in [0.1, 0.15) is 48.2 Å². The van der Waals surface area contributed by atoms with Crippen LogP contribution in [0.5, 0.6) is 5.75 Å². The van der Waals surface area contributed by atoms with Crippen molar-refractivity contribution in [3.8, 4) is 5.75 Å². The third-order valence-electron chi connectivity index (χ3n) is 6.45. The average Bonchev–Trinajstić information content (AvgIpc) is 3.38. The number of carbonyl (C=O) groups is 1. The van der Waals surface area contributed by atoms with Gasteiger partial charge in [0.15, 0.2) is 5.13 Å². The first-order valence-corrected chi connectivity index (χ1v) is 14.3. The summed E-state index contributed by atoms with van der Waals surface area (Å²) in [6.45, 7) is 6.09. The summed E-state index contributed by atoms with van der Waals surface area (Å²) in [5.41, 5.74) is 4.60. The van der Waals surface area contributed by atoms with Crippen molar-refractivity contribution in [2.45, 2.75) is 52.7 Å². The number of carboxylic acid groups (broad SMARTS) is 1. The van der Waals surface area contributed by atoms with Gasteiger partial charge in [0.05, 0.1) is 5.69 Å². The van der Waals surface area contributed by atoms with Crippen molar-refractivity contribution < 1.29 is 23.4 Å². The Bertz CT molecular complexity index is 1390. The van der Waals surface area contributed by atoms with Crippen LogP contribution >= 0.6 is 11.3 Å². The van der Waals surface area contributed by atoms with Crippen molar-refractivity contribution in [1.82, 2.24) is 4.98 Å². The highest BCUT2D eigenvalue weighted by Gasteiger charge is 2.14. The van der Waals surface area contributed by atoms with Gasteiger partial charge in [-0.05, 0) is 65.6 Å². The summed E-state index contributed by atoms with van der Waals surface area (Å²) in [6.07, 6.45) is 1.74. The minimum Gasteiger partial charge on any atom is -0.489 e. The van der Waals surface area contributed by atoms with Crippen molar-refractivity contribution >= 4 is 22.4 Å². The number of aryl methyl sites for hydroxylation is 1. The van der Waals surface area contributed by atoms with Crippen LogP contribution in [0.3, 0.4) is 0 Å². The highest BCUT2D eigenvalue weighted by molar-refractivity contribution is 7.13. The van der Waals surface area contributed by atoms with Crippen molar-refractivity contribution in [1.29, 1.82) is 0 Å². The molecule has 0 unspecified atom stereocenters. The fourth-order valence-corrected chi connectivity index (χ4v) is 5.17. The number of nitrogens with zero attached hydrogens (tertiary/aromatic N) is 2. The van der Waals surface area contributed by atoms with E-state index in [1.807, 2.05) is 24.3 Å². The average molecular weight is 565 g/mol. The summed E-state index contributed by atoms with van der Waals surface area (Å²) in [7, 11) is 0. The Morgan fingerprint density at radius 3 is 2.35 bits per heavy atom. The summed E-state index contributed by atoms with van der Waals surface area (Å²) in [5, 5.41) is 11.9. The zero-order valence-electron chi connectivity index (χ0n) is 22.8. The van der Waals surface area contributed by atoms with E-state index >= 15 is 0 Å². The predicted molar refractivity (Wildman–Crippen MR) is 155 cm³/mol. The Labute approximate surface area is 238 Å². The van der Waals surface area contributed by atoms with Crippen molar-refractivity contribution in [2.24, 2.45) is 5.92 Å². The summed E-state index contributed by atoms with van der Waals surface area (Å²) in [4.78, 5) is 17.9. The van der Waals surface area contributed by atoms with Gasteiger partial charge in [-0.2, -0.15) is 0 Å². The van der Waals surface area contributed by atoms with Crippen LogP contribution in [0.25, 0.3) is 0 Å². The molecule has 4 rings (SSSR count). The topological polar surface area (TPSA) is 62.7 Å². The largest absolute Gasteiger partial charge is 0.489 e. The van der Waals surface area contributed by atoms with Gasteiger partial charge in [-0.25, -0.2) is 13.8 Å². The maximum Gasteiger partial charge on any atom is 0.303 e. The molecule has 0 aliphatic carbocycles. The van der Waals surface area contributed by atoms with Crippen LogP contribution in [0.15, 0.2) is 72.1 Å². The van der Waals surface area contributed by atoms with Gasteiger partial charge >= 0.3 is 5.97 Å². The number of hydrogen-bond acceptors (Lipinski definition) is 5. The van der Waals surface area contributed by atoms with E-state index in [1.165, 1.54) is 18.2 Å². The first kappa shape index (κ1) is 29.2. The molecule has 0 aliphatic heterocycles. The lowest BCUT2D eigenvalue weighted by Gasteiger charge is -2.22. The summed E-state index contributed by atoms with van der Waals surface area (Å²) in [6, 6.07) is 19.3. The maximum absolute atomic E-state index is 14.3. The van der Waals surface area contributed by atoms with Crippen LogP contribution in [0, 0.1) is 17.6 Å². The third-order valence-corrected chi connectivity index (χ3v) is 7.40. The molecule has 0 fully saturated rings. The van der Waals surface area contributed by atoms with E-state index in [9.17, 15) is 13.6 Å². The lowest BCUT2D eigenvalue weighted by Crippen LogP contribution is -2.25. The molecule has 0 bridgehead atoms. The van der Waals surface area contributed by atoms with Crippen LogP contribution in [0.2, 0.25) is 0 Å². The minimum atomic E-state index is -0.957. The number of carboxylic acids is 1. The van der Waals surface area contributed by atoms with Crippen LogP contribution in [0.4, 0.5) is 13.9 Å². The molecule has 4 aromatic rings. The number of benzene rings is 3. The first-order valence-electron chi connectivity index (χ1n) is 13.4. The Hall–Kier alpha value is -3.78. The molecule has 5 nitrogen and oxygen atoms in total. The van der Waals surface area contributed by atoms with E-state index in [1.54, 1.807) is 23.5 Å². The molecule has 0 saturated carbocycles. The first-order chi connectivity index (χ1) is 19.2. The third kappa shape index (κ3) is 8.88. The standard InChI is InChI=1S/C32H34F2N2O3S/c1-22(2)17-28-21-40-32(35-28)36(16-15-23-7-11-27(33)12-8-23)19-24-3-5-25(6-4-24)20-39-29-13-9-26(30(34)18-29)10-14-31(37)38/h3-9,11-13,18,21-22H,10,14-17,19-20H2,1-2H3,(H,37,38). The number of anilines is 1. The van der Waals surface area contributed by atoms with E-state index in [4.69, 9.17) is 14.8 Å². The molecule has 0 saturated heterocycles. The van der Waals surface area contributed by atoms with Crippen molar-refractivity contribution in [2.75, 3.05) is 11.4 Å². The van der Waals surface area contributed by atoms with E-state index in [0.29, 0.717) is 23.8 Å². The zero-order valence-corrected chi connectivity index (χ0v) is 23.6. The predicted octanol–water partition coefficient (Wildman–Crippen LogP) is 7.47. The molecule has 8 heteroatoms. The van der Waals surface area contributed by atoms with Gasteiger partial charge in [0, 0.05) is 31.0 Å². The van der Waals surface area contributed by atoms with E-state index in [2.05, 4.69) is 36.3 Å². The molecule has 0 spiro atoms. The van der Waals surface area contributed by atoms with E-state index in [-0.39, 0.29) is 25.3 Å². The van der Waals surface area contributed by atoms with Gasteiger partial charge in [0.2, 0.25) is 0 Å². The number of rotatable bonds is 14. The Morgan fingerprint density at radius 2 is 1.68 bits per heavy atom. The molecule has 0 atom stereocenters. The van der Waals surface area contributed by atoms with Crippen molar-refractivity contribution in [3.05, 3.63) is 112 Å². The summed E-state index contributed by atoms with van der Waals surface area (Å²) in [5.74, 6) is -0.728. The Balaban J connectivity index is 1.39. The van der Waals surface area contributed by atoms with Gasteiger partial charge in [0.25, 0.3) is 0 Å². The fraction of sp³-hybridized carbons (Fsp3) is 0.312. The summed E-state index contributed by atoms with van der Waals surface area (Å²) < 4.78 is 33.4. The molecule has 0 aliphatic rings. The number of aliphatic carboxylic acids is 1. The SMILES string of the molecule is CC(C)Cc1csc(N(CCc2ccc(F)cc2)Cc2ccc(COc3ccc(CCC(=O)O)c(F)c3)cc2)n1. The molecule has 1 heterocycles. The zero-order chi connectivity index (χ0) is 28.5. The second kappa shape index (κ2) is 14.0. The van der Waals surface area contributed by atoms with Crippen molar-refractivity contribution in [3.63, 3.8) is 0 Å². The molecule has 40 heavy (non-hydrogen) atoms. The lowest BCUT2D eigenvalue weighted by molar-refractivity contribution is -0.136. The summed E-state index contributed by atoms with van der Waals surface area (Å²) >= 11 is 1.65. The van der Waals surface area contributed by atoms with Gasteiger partial charge in [0.1, 0.15) is 24.0 Å². The van der Waals surface area contributed by atoms with Crippen LogP contribution < -0.4 is 9.64 Å². The molecule has 3 aromatic carbocycles. The number of halogens is 2. The van der Waals surface area contributed by atoms with Crippen LogP contribution in [-0.2, 0) is 37.2 Å². The number of thiazole rings is 1. The van der Waals surface area contributed by atoms with Gasteiger partial charge in [-0.3, -0.25) is 4.79 Å². The number of aromatic nitrogens is 1. The molecular formula is C32H34F2N2O3S. The highest BCUT2D eigenvalue weighted by atomic mass is 32.1. The monoisotopic (exact) mass is 564 g/mol. The molecule has 1 N–H and O–H groups in total. The van der Waals surface area contributed by atoms with Gasteiger partial charge < -0.3 is 14.7 Å². The second-order valence-corrected chi connectivity index (χ2v) is 11.1. The smallest absolute Gasteiger partial charge is 0.303 e. The number of ether oxygens (including phenoxy) is 1. The molecule has 210 valence electrons. The van der Waals surface area contributed by atoms with Gasteiger partial charge in [-0.15, -0.1) is 11.3 Å². The fourth-order valence-electron chi connectivity index (χ4n) is 4.30. The molecular weight excluding hydrogens is 530 g/mol. The number of hydrogen-bond donors (Lipinski definition) is 1. The minimum absolute atomic E-state index is 0.116. The van der Waals surface area contributed by atoms with E-state index in [0.717, 1.165) is 46.9 Å². The maximum atomic E-state index is 14.3. The lowest BCUT2D eigenvalue weighted by atomic mass is 10.1. The molecule has 0 radical (unpaired) electrons. The van der Waals surface area contributed by atoms with Crippen LogP contribution in [-0.4, -0.2) is 22.6 Å². The molecule has 1 aromatic heterocycles. The molecule has 0 amide bonds. The highest BCUT2D eigenvalue weighted by Crippen LogP contribution is 2.25.